The van der Waals surface area contributed by atoms with Gasteiger partial charge in [-0.1, -0.05) is 43.3 Å². The van der Waals surface area contributed by atoms with Crippen molar-refractivity contribution in [3.05, 3.63) is 64.7 Å². The molecule has 0 unspecified atom stereocenters. The third-order valence-corrected chi connectivity index (χ3v) is 5.22. The van der Waals surface area contributed by atoms with Crippen molar-refractivity contribution in [2.45, 2.75) is 32.7 Å². The van der Waals surface area contributed by atoms with E-state index in [1.807, 2.05) is 25.2 Å². The van der Waals surface area contributed by atoms with Gasteiger partial charge < -0.3 is 4.90 Å². The van der Waals surface area contributed by atoms with Crippen LogP contribution in [0.3, 0.4) is 0 Å². The monoisotopic (exact) mass is 338 g/mol. The maximum atomic E-state index is 12.4. The average molecular weight is 338 g/mol. The molecule has 1 amide bonds. The first-order valence-electron chi connectivity index (χ1n) is 8.32. The molecular weight excluding hydrogens is 316 g/mol. The van der Waals surface area contributed by atoms with Crippen molar-refractivity contribution in [2.24, 2.45) is 0 Å². The van der Waals surface area contributed by atoms with E-state index in [2.05, 4.69) is 42.2 Å². The van der Waals surface area contributed by atoms with Crippen LogP contribution in [0.15, 0.2) is 48.5 Å². The van der Waals surface area contributed by atoms with Gasteiger partial charge in [-0.2, -0.15) is 0 Å². The number of nitrogens with zero attached hydrogens (tertiary/aromatic N) is 2. The molecule has 0 saturated heterocycles. The van der Waals surface area contributed by atoms with Gasteiger partial charge in [-0.3, -0.25) is 4.79 Å². The van der Waals surface area contributed by atoms with Crippen LogP contribution < -0.4 is 0 Å². The molecule has 0 radical (unpaired) electrons. The molecule has 0 saturated carbocycles. The second kappa shape index (κ2) is 7.58. The molecule has 0 fully saturated rings. The smallest absolute Gasteiger partial charge is 0.223 e. The third-order valence-electron chi connectivity index (χ3n) is 4.20. The van der Waals surface area contributed by atoms with E-state index < -0.39 is 0 Å². The van der Waals surface area contributed by atoms with Gasteiger partial charge in [0.05, 0.1) is 16.8 Å². The van der Waals surface area contributed by atoms with Crippen molar-refractivity contribution in [3.63, 3.8) is 0 Å². The molecular formula is C20H22N2OS. The zero-order valence-corrected chi connectivity index (χ0v) is 15.0. The Bertz CT molecular complexity index is 790. The molecule has 0 aliphatic carbocycles. The normalized spacial score (nSPS) is 10.9. The molecule has 1 aromatic heterocycles. The zero-order valence-electron chi connectivity index (χ0n) is 14.2. The Morgan fingerprint density at radius 2 is 1.79 bits per heavy atom. The van der Waals surface area contributed by atoms with Crippen LogP contribution in [0.4, 0.5) is 0 Å². The minimum atomic E-state index is 0.161. The lowest BCUT2D eigenvalue weighted by Gasteiger charge is -2.15. The molecule has 3 nitrogen and oxygen atoms in total. The predicted octanol–water partition coefficient (Wildman–Crippen LogP) is 4.45. The maximum absolute atomic E-state index is 12.4. The van der Waals surface area contributed by atoms with Gasteiger partial charge in [-0.05, 0) is 36.1 Å². The van der Waals surface area contributed by atoms with Crippen molar-refractivity contribution in [1.82, 2.24) is 9.88 Å². The minimum Gasteiger partial charge on any atom is -0.339 e. The number of hydrogen-bond acceptors (Lipinski definition) is 3. The van der Waals surface area contributed by atoms with Gasteiger partial charge >= 0.3 is 0 Å². The molecule has 3 aromatic rings. The third kappa shape index (κ3) is 4.01. The van der Waals surface area contributed by atoms with Gasteiger partial charge in [0.15, 0.2) is 0 Å². The van der Waals surface area contributed by atoms with E-state index in [4.69, 9.17) is 0 Å². The number of para-hydroxylation sites is 1. The molecule has 0 atom stereocenters. The van der Waals surface area contributed by atoms with E-state index in [9.17, 15) is 4.79 Å². The van der Waals surface area contributed by atoms with Gasteiger partial charge in [0.25, 0.3) is 0 Å². The van der Waals surface area contributed by atoms with Crippen molar-refractivity contribution in [1.29, 1.82) is 0 Å². The lowest BCUT2D eigenvalue weighted by atomic mass is 10.1. The molecule has 0 spiro atoms. The van der Waals surface area contributed by atoms with E-state index in [-0.39, 0.29) is 5.91 Å². The highest BCUT2D eigenvalue weighted by Crippen LogP contribution is 2.22. The number of carbonyl (C=O) groups excluding carboxylic acids is 1. The fourth-order valence-electron chi connectivity index (χ4n) is 2.66. The summed E-state index contributed by atoms with van der Waals surface area (Å²) < 4.78 is 1.17. The fourth-order valence-corrected chi connectivity index (χ4v) is 3.68. The molecule has 0 bridgehead atoms. The SMILES string of the molecule is CCc1ccc(CCC(=O)N(C)Cc2nc3ccccc3s2)cc1. The molecule has 1 heterocycles. The first-order valence-corrected chi connectivity index (χ1v) is 9.13. The molecule has 4 heteroatoms. The maximum Gasteiger partial charge on any atom is 0.223 e. The molecule has 0 N–H and O–H groups in total. The van der Waals surface area contributed by atoms with Crippen LogP contribution in [-0.2, 0) is 24.2 Å². The summed E-state index contributed by atoms with van der Waals surface area (Å²) in [6.45, 7) is 2.72. The Morgan fingerprint density at radius 1 is 1.08 bits per heavy atom. The van der Waals surface area contributed by atoms with Crippen LogP contribution in [0.2, 0.25) is 0 Å². The average Bonchev–Trinajstić information content (AvgIpc) is 3.02. The number of aromatic nitrogens is 1. The molecule has 0 aliphatic rings. The van der Waals surface area contributed by atoms with Gasteiger partial charge in [-0.15, -0.1) is 11.3 Å². The summed E-state index contributed by atoms with van der Waals surface area (Å²) in [7, 11) is 1.86. The first kappa shape index (κ1) is 16.7. The minimum absolute atomic E-state index is 0.161. The number of amides is 1. The summed E-state index contributed by atoms with van der Waals surface area (Å²) in [5.74, 6) is 0.161. The van der Waals surface area contributed by atoms with Crippen molar-refractivity contribution >= 4 is 27.5 Å². The summed E-state index contributed by atoms with van der Waals surface area (Å²) in [5, 5.41) is 0.986. The van der Waals surface area contributed by atoms with E-state index in [0.717, 1.165) is 23.4 Å². The highest BCUT2D eigenvalue weighted by molar-refractivity contribution is 7.18. The molecule has 24 heavy (non-hydrogen) atoms. The summed E-state index contributed by atoms with van der Waals surface area (Å²) >= 11 is 1.66. The second-order valence-corrected chi connectivity index (χ2v) is 7.11. The lowest BCUT2D eigenvalue weighted by molar-refractivity contribution is -0.130. The quantitative estimate of drug-likeness (QED) is 0.665. The van der Waals surface area contributed by atoms with Crippen LogP contribution in [-0.4, -0.2) is 22.8 Å². The van der Waals surface area contributed by atoms with Gasteiger partial charge in [0, 0.05) is 13.5 Å². The number of hydrogen-bond donors (Lipinski definition) is 0. The molecule has 3 rings (SSSR count). The Labute approximate surface area is 147 Å². The van der Waals surface area contributed by atoms with Crippen LogP contribution in [0.1, 0.15) is 29.5 Å². The number of aryl methyl sites for hydroxylation is 2. The second-order valence-electron chi connectivity index (χ2n) is 6.00. The van der Waals surface area contributed by atoms with E-state index in [1.165, 1.54) is 15.8 Å². The Kier molecular flexibility index (Phi) is 5.26. The summed E-state index contributed by atoms with van der Waals surface area (Å²) in [4.78, 5) is 18.7. The lowest BCUT2D eigenvalue weighted by Crippen LogP contribution is -2.26. The van der Waals surface area contributed by atoms with Gasteiger partial charge in [-0.25, -0.2) is 4.98 Å². The van der Waals surface area contributed by atoms with Crippen LogP contribution in [0.25, 0.3) is 10.2 Å². The van der Waals surface area contributed by atoms with Crippen LogP contribution in [0.5, 0.6) is 0 Å². The number of thiazole rings is 1. The highest BCUT2D eigenvalue weighted by Gasteiger charge is 2.12. The Morgan fingerprint density at radius 3 is 2.50 bits per heavy atom. The van der Waals surface area contributed by atoms with Gasteiger partial charge in [0.2, 0.25) is 5.91 Å². The molecule has 2 aromatic carbocycles. The van der Waals surface area contributed by atoms with Crippen LogP contribution >= 0.6 is 11.3 Å². The topological polar surface area (TPSA) is 33.2 Å². The van der Waals surface area contributed by atoms with Crippen molar-refractivity contribution < 1.29 is 4.79 Å². The van der Waals surface area contributed by atoms with E-state index in [1.54, 1.807) is 16.2 Å². The van der Waals surface area contributed by atoms with E-state index in [0.29, 0.717) is 13.0 Å². The zero-order chi connectivity index (χ0) is 16.9. The summed E-state index contributed by atoms with van der Waals surface area (Å²) in [5.41, 5.74) is 3.56. The number of fused-ring (bicyclic) bond motifs is 1. The van der Waals surface area contributed by atoms with E-state index >= 15 is 0 Å². The largest absolute Gasteiger partial charge is 0.339 e. The Balaban J connectivity index is 1.55. The number of rotatable bonds is 6. The summed E-state index contributed by atoms with van der Waals surface area (Å²) in [6, 6.07) is 16.6. The predicted molar refractivity (Wildman–Crippen MR) is 100 cm³/mol. The number of benzene rings is 2. The molecule has 0 aliphatic heterocycles. The first-order chi connectivity index (χ1) is 11.7. The van der Waals surface area contributed by atoms with Crippen LogP contribution in [0, 0.1) is 0 Å². The standard InChI is InChI=1S/C20H22N2OS/c1-3-15-8-10-16(11-9-15)12-13-20(23)22(2)14-19-21-17-6-4-5-7-18(17)24-19/h4-11H,3,12-14H2,1-2H3. The number of carbonyl (C=O) groups is 1. The highest BCUT2D eigenvalue weighted by atomic mass is 32.1. The Hall–Kier alpha value is -2.20. The van der Waals surface area contributed by atoms with Crippen molar-refractivity contribution in [2.75, 3.05) is 7.05 Å². The fraction of sp³-hybridized carbons (Fsp3) is 0.300. The summed E-state index contributed by atoms with van der Waals surface area (Å²) in [6.07, 6.45) is 2.37. The van der Waals surface area contributed by atoms with Gasteiger partial charge in [0.1, 0.15) is 5.01 Å². The molecule has 124 valence electrons. The van der Waals surface area contributed by atoms with Crippen molar-refractivity contribution in [3.8, 4) is 0 Å².